The summed E-state index contributed by atoms with van der Waals surface area (Å²) >= 11 is 5.83. The van der Waals surface area contributed by atoms with Gasteiger partial charge in [0.1, 0.15) is 6.04 Å². The maximum atomic E-state index is 12.6. The van der Waals surface area contributed by atoms with Crippen LogP contribution in [0.3, 0.4) is 0 Å². The monoisotopic (exact) mass is 318 g/mol. The molecular weight excluding hydrogens is 304 g/mol. The highest BCUT2D eigenvalue weighted by molar-refractivity contribution is 6.30. The zero-order chi connectivity index (χ0) is 16.1. The molecule has 2 aromatic carbocycles. The number of nitrogens with one attached hydrogen (secondary N) is 1. The van der Waals surface area contributed by atoms with Gasteiger partial charge in [-0.25, -0.2) is 4.79 Å². The Labute approximate surface area is 133 Å². The molecule has 0 aliphatic heterocycles. The van der Waals surface area contributed by atoms with Crippen molar-refractivity contribution >= 4 is 29.3 Å². The minimum absolute atomic E-state index is 0.379. The Hall–Kier alpha value is -2.53. The molecule has 2 amide bonds. The first-order valence-corrected chi connectivity index (χ1v) is 6.94. The molecule has 0 radical (unpaired) electrons. The number of carbonyl (C=O) groups is 2. The Bertz CT molecular complexity index is 659. The Balaban J connectivity index is 2.28. The summed E-state index contributed by atoms with van der Waals surface area (Å²) in [6.45, 7) is 0. The molecular formula is C16H15ClN2O3. The smallest absolute Gasteiger partial charge is 0.405 e. The van der Waals surface area contributed by atoms with Crippen molar-refractivity contribution in [2.75, 3.05) is 11.9 Å². The molecule has 114 valence electrons. The maximum absolute atomic E-state index is 12.6. The number of halogens is 1. The van der Waals surface area contributed by atoms with Crippen LogP contribution in [-0.4, -0.2) is 24.2 Å². The van der Waals surface area contributed by atoms with Crippen LogP contribution in [0, 0.1) is 0 Å². The van der Waals surface area contributed by atoms with Gasteiger partial charge in [-0.1, -0.05) is 41.9 Å². The summed E-state index contributed by atoms with van der Waals surface area (Å²) in [6, 6.07) is 14.5. The highest BCUT2D eigenvalue weighted by Gasteiger charge is 2.26. The third-order valence-corrected chi connectivity index (χ3v) is 3.44. The fourth-order valence-corrected chi connectivity index (χ4v) is 2.17. The van der Waals surface area contributed by atoms with E-state index in [0.29, 0.717) is 16.3 Å². The van der Waals surface area contributed by atoms with E-state index in [-0.39, 0.29) is 5.91 Å². The third-order valence-electron chi connectivity index (χ3n) is 3.19. The summed E-state index contributed by atoms with van der Waals surface area (Å²) in [5.41, 5.74) is 1.21. The molecule has 1 unspecified atom stereocenters. The van der Waals surface area contributed by atoms with Crippen LogP contribution in [0.5, 0.6) is 0 Å². The number of amides is 2. The highest BCUT2D eigenvalue weighted by Crippen LogP contribution is 2.21. The lowest BCUT2D eigenvalue weighted by Gasteiger charge is -2.24. The van der Waals surface area contributed by atoms with Crippen molar-refractivity contribution in [3.8, 4) is 0 Å². The quantitative estimate of drug-likeness (QED) is 0.908. The SMILES string of the molecule is CN(C(=O)C(NC(=O)O)c1ccccc1)c1ccc(Cl)cc1. The molecule has 2 rings (SSSR count). The van der Waals surface area contributed by atoms with Gasteiger partial charge in [-0.3, -0.25) is 4.79 Å². The number of carbonyl (C=O) groups excluding carboxylic acids is 1. The molecule has 0 heterocycles. The molecule has 0 fully saturated rings. The van der Waals surface area contributed by atoms with Gasteiger partial charge in [0.05, 0.1) is 0 Å². The van der Waals surface area contributed by atoms with Crippen LogP contribution in [-0.2, 0) is 4.79 Å². The Morgan fingerprint density at radius 1 is 1.09 bits per heavy atom. The predicted octanol–water partition coefficient (Wildman–Crippen LogP) is 3.31. The van der Waals surface area contributed by atoms with E-state index in [2.05, 4.69) is 5.32 Å². The summed E-state index contributed by atoms with van der Waals surface area (Å²) in [6.07, 6.45) is -1.26. The van der Waals surface area contributed by atoms with E-state index in [1.54, 1.807) is 61.6 Å². The van der Waals surface area contributed by atoms with E-state index >= 15 is 0 Å². The van der Waals surface area contributed by atoms with Gasteiger partial charge in [-0.2, -0.15) is 0 Å². The molecule has 0 saturated carbocycles. The van der Waals surface area contributed by atoms with Crippen LogP contribution in [0.4, 0.5) is 10.5 Å². The molecule has 0 bridgehead atoms. The van der Waals surface area contributed by atoms with Crippen LogP contribution >= 0.6 is 11.6 Å². The molecule has 2 N–H and O–H groups in total. The number of nitrogens with zero attached hydrogens (tertiary/aromatic N) is 1. The number of hydrogen-bond donors (Lipinski definition) is 2. The van der Waals surface area contributed by atoms with Crippen molar-refractivity contribution < 1.29 is 14.7 Å². The van der Waals surface area contributed by atoms with Crippen LogP contribution in [0.15, 0.2) is 54.6 Å². The second kappa shape index (κ2) is 6.95. The first kappa shape index (κ1) is 15.9. The van der Waals surface area contributed by atoms with Gasteiger partial charge in [-0.05, 0) is 29.8 Å². The van der Waals surface area contributed by atoms with Crippen LogP contribution in [0.2, 0.25) is 5.02 Å². The van der Waals surface area contributed by atoms with Crippen LogP contribution in [0.25, 0.3) is 0 Å². The highest BCUT2D eigenvalue weighted by atomic mass is 35.5. The fraction of sp³-hybridized carbons (Fsp3) is 0.125. The van der Waals surface area contributed by atoms with Crippen molar-refractivity contribution in [2.24, 2.45) is 0 Å². The lowest BCUT2D eigenvalue weighted by molar-refractivity contribution is -0.120. The summed E-state index contributed by atoms with van der Waals surface area (Å²) in [4.78, 5) is 25.0. The third kappa shape index (κ3) is 3.77. The number of anilines is 1. The van der Waals surface area contributed by atoms with Crippen molar-refractivity contribution in [2.45, 2.75) is 6.04 Å². The predicted molar refractivity (Wildman–Crippen MR) is 85.2 cm³/mol. The lowest BCUT2D eigenvalue weighted by atomic mass is 10.1. The number of likely N-dealkylation sites (N-methyl/N-ethyl adjacent to an activating group) is 1. The van der Waals surface area contributed by atoms with Gasteiger partial charge >= 0.3 is 6.09 Å². The fourth-order valence-electron chi connectivity index (χ4n) is 2.04. The normalized spacial score (nSPS) is 11.5. The summed E-state index contributed by atoms with van der Waals surface area (Å²) in [5.74, 6) is -0.379. The molecule has 1 atom stereocenters. The van der Waals surface area contributed by atoms with E-state index < -0.39 is 12.1 Å². The van der Waals surface area contributed by atoms with Gasteiger partial charge in [0.15, 0.2) is 0 Å². The van der Waals surface area contributed by atoms with Crippen molar-refractivity contribution in [1.29, 1.82) is 0 Å². The minimum Gasteiger partial charge on any atom is -0.465 e. The molecule has 0 aliphatic carbocycles. The number of benzene rings is 2. The average Bonchev–Trinajstić information content (AvgIpc) is 2.52. The molecule has 22 heavy (non-hydrogen) atoms. The van der Waals surface area contributed by atoms with Gasteiger partial charge in [-0.15, -0.1) is 0 Å². The van der Waals surface area contributed by atoms with Crippen LogP contribution < -0.4 is 10.2 Å². The molecule has 0 spiro atoms. The minimum atomic E-state index is -1.26. The maximum Gasteiger partial charge on any atom is 0.405 e. The van der Waals surface area contributed by atoms with E-state index in [1.165, 1.54) is 4.90 Å². The van der Waals surface area contributed by atoms with Crippen LogP contribution in [0.1, 0.15) is 11.6 Å². The molecule has 0 aliphatic rings. The first-order chi connectivity index (χ1) is 10.5. The Morgan fingerprint density at radius 2 is 1.68 bits per heavy atom. The summed E-state index contributed by atoms with van der Waals surface area (Å²) in [5, 5.41) is 11.8. The lowest BCUT2D eigenvalue weighted by Crippen LogP contribution is -2.40. The molecule has 0 aromatic heterocycles. The zero-order valence-electron chi connectivity index (χ0n) is 11.9. The average molecular weight is 319 g/mol. The molecule has 2 aromatic rings. The Morgan fingerprint density at radius 3 is 2.23 bits per heavy atom. The summed E-state index contributed by atoms with van der Waals surface area (Å²) in [7, 11) is 1.59. The first-order valence-electron chi connectivity index (χ1n) is 6.56. The Kier molecular flexibility index (Phi) is 5.01. The molecule has 0 saturated heterocycles. The number of rotatable bonds is 4. The second-order valence-corrected chi connectivity index (χ2v) is 5.10. The number of carboxylic acid groups (broad SMARTS) is 1. The van der Waals surface area contributed by atoms with Gasteiger partial charge in [0.25, 0.3) is 5.91 Å². The largest absolute Gasteiger partial charge is 0.465 e. The van der Waals surface area contributed by atoms with Crippen molar-refractivity contribution in [3.05, 3.63) is 65.2 Å². The van der Waals surface area contributed by atoms with E-state index in [0.717, 1.165) is 0 Å². The van der Waals surface area contributed by atoms with E-state index in [9.17, 15) is 9.59 Å². The van der Waals surface area contributed by atoms with E-state index in [1.807, 2.05) is 0 Å². The van der Waals surface area contributed by atoms with E-state index in [4.69, 9.17) is 16.7 Å². The number of hydrogen-bond acceptors (Lipinski definition) is 2. The topological polar surface area (TPSA) is 69.6 Å². The second-order valence-electron chi connectivity index (χ2n) is 4.67. The van der Waals surface area contributed by atoms with Crippen molar-refractivity contribution in [3.63, 3.8) is 0 Å². The zero-order valence-corrected chi connectivity index (χ0v) is 12.6. The van der Waals surface area contributed by atoms with Gasteiger partial charge < -0.3 is 15.3 Å². The van der Waals surface area contributed by atoms with Gasteiger partial charge in [0.2, 0.25) is 0 Å². The molecule has 6 heteroatoms. The molecule has 5 nitrogen and oxygen atoms in total. The van der Waals surface area contributed by atoms with Crippen molar-refractivity contribution in [1.82, 2.24) is 5.32 Å². The van der Waals surface area contributed by atoms with Gasteiger partial charge in [0, 0.05) is 17.8 Å². The summed E-state index contributed by atoms with van der Waals surface area (Å²) < 4.78 is 0. The standard InChI is InChI=1S/C16H15ClN2O3/c1-19(13-9-7-12(17)8-10-13)15(20)14(18-16(21)22)11-5-3-2-4-6-11/h2-10,14,18H,1H3,(H,21,22).